The van der Waals surface area contributed by atoms with E-state index in [1.165, 1.54) is 32.8 Å². The highest BCUT2D eigenvalue weighted by Crippen LogP contribution is 2.44. The minimum absolute atomic E-state index is 0.637. The van der Waals surface area contributed by atoms with Crippen molar-refractivity contribution in [3.8, 4) is 11.1 Å². The van der Waals surface area contributed by atoms with Crippen LogP contribution in [0.3, 0.4) is 0 Å². The van der Waals surface area contributed by atoms with Crippen molar-refractivity contribution >= 4 is 93.9 Å². The standard InChI is InChI=1S/C57H38N2O2/c1-3-15-38(16-4-1)46-22-8-7-17-41(46)37-58(52-25-14-28-55-57(52)48-24-10-12-27-54(48)60-55)43-20-13-21-44(34-43)59(42-18-5-2-6-19-42)45-32-31-39-29-30-40-33-56-51(36-50(40)49(39)35-45)47-23-9-11-26-53(47)61-56/h1-36H,37H2. The van der Waals surface area contributed by atoms with Gasteiger partial charge >= 0.3 is 0 Å². The molecular formula is C57H38N2O2. The monoisotopic (exact) mass is 782 g/mol. The molecule has 0 N–H and O–H groups in total. The lowest BCUT2D eigenvalue weighted by atomic mass is 9.98. The second-order valence-corrected chi connectivity index (χ2v) is 15.7. The van der Waals surface area contributed by atoms with E-state index in [1.54, 1.807) is 0 Å². The summed E-state index contributed by atoms with van der Waals surface area (Å²) in [4.78, 5) is 4.82. The van der Waals surface area contributed by atoms with Crippen LogP contribution in [-0.2, 0) is 6.54 Å². The van der Waals surface area contributed by atoms with E-state index in [0.717, 1.165) is 77.7 Å². The maximum atomic E-state index is 6.47. The molecule has 0 amide bonds. The zero-order valence-electron chi connectivity index (χ0n) is 33.2. The van der Waals surface area contributed by atoms with Crippen molar-refractivity contribution in [1.29, 1.82) is 0 Å². The summed E-state index contributed by atoms with van der Waals surface area (Å²) in [7, 11) is 0. The SMILES string of the molecule is c1ccc(-c2ccccc2CN(c2cccc(N(c3ccccc3)c3ccc4ccc5cc6oc7ccccc7c6cc5c4c3)c2)c2cccc3oc4ccccc4c23)cc1. The molecule has 0 saturated carbocycles. The zero-order valence-corrected chi connectivity index (χ0v) is 33.2. The molecule has 2 heterocycles. The van der Waals surface area contributed by atoms with Gasteiger partial charge in [-0.1, -0.05) is 140 Å². The Morgan fingerprint density at radius 2 is 0.951 bits per heavy atom. The van der Waals surface area contributed by atoms with Crippen LogP contribution < -0.4 is 9.80 Å². The van der Waals surface area contributed by atoms with Crippen molar-refractivity contribution in [3.05, 3.63) is 224 Å². The average Bonchev–Trinajstić information content (AvgIpc) is 3.89. The van der Waals surface area contributed by atoms with Crippen LogP contribution in [0, 0.1) is 0 Å². The van der Waals surface area contributed by atoms with Gasteiger partial charge in [-0.3, -0.25) is 0 Å². The number of nitrogens with zero attached hydrogens (tertiary/aromatic N) is 2. The van der Waals surface area contributed by atoms with Gasteiger partial charge in [0.25, 0.3) is 0 Å². The Bertz CT molecular complexity index is 3590. The highest BCUT2D eigenvalue weighted by Gasteiger charge is 2.22. The highest BCUT2D eigenvalue weighted by molar-refractivity contribution is 6.17. The molecule has 0 unspecified atom stereocenters. The first-order chi connectivity index (χ1) is 30.2. The number of hydrogen-bond donors (Lipinski definition) is 0. The molecule has 0 radical (unpaired) electrons. The number of para-hydroxylation sites is 3. The fourth-order valence-corrected chi connectivity index (χ4v) is 9.25. The Labute approximate surface area is 352 Å². The van der Waals surface area contributed by atoms with Crippen LogP contribution in [0.4, 0.5) is 28.4 Å². The minimum atomic E-state index is 0.637. The molecular weight excluding hydrogens is 745 g/mol. The van der Waals surface area contributed by atoms with Gasteiger partial charge < -0.3 is 18.6 Å². The lowest BCUT2D eigenvalue weighted by molar-refractivity contribution is 0.668. The Morgan fingerprint density at radius 1 is 0.344 bits per heavy atom. The lowest BCUT2D eigenvalue weighted by Gasteiger charge is -2.30. The summed E-state index contributed by atoms with van der Waals surface area (Å²) in [5.74, 6) is 0. The molecule has 0 fully saturated rings. The number of hydrogen-bond acceptors (Lipinski definition) is 4. The highest BCUT2D eigenvalue weighted by atomic mass is 16.3. The maximum Gasteiger partial charge on any atom is 0.137 e. The van der Waals surface area contributed by atoms with E-state index in [-0.39, 0.29) is 0 Å². The lowest BCUT2D eigenvalue weighted by Crippen LogP contribution is -2.18. The fourth-order valence-electron chi connectivity index (χ4n) is 9.25. The van der Waals surface area contributed by atoms with E-state index in [9.17, 15) is 0 Å². The van der Waals surface area contributed by atoms with Crippen LogP contribution in [0.1, 0.15) is 5.56 Å². The molecule has 288 valence electrons. The maximum absolute atomic E-state index is 6.47. The summed E-state index contributed by atoms with van der Waals surface area (Å²) >= 11 is 0. The van der Waals surface area contributed by atoms with Crippen LogP contribution in [-0.4, -0.2) is 0 Å². The Balaban J connectivity index is 1.05. The molecule has 61 heavy (non-hydrogen) atoms. The summed E-state index contributed by atoms with van der Waals surface area (Å²) < 4.78 is 12.8. The van der Waals surface area contributed by atoms with Crippen LogP contribution in [0.15, 0.2) is 227 Å². The molecule has 0 aliphatic heterocycles. The quantitative estimate of drug-likeness (QED) is 0.144. The van der Waals surface area contributed by atoms with Crippen molar-refractivity contribution < 1.29 is 8.83 Å². The normalized spacial score (nSPS) is 11.7. The summed E-state index contributed by atoms with van der Waals surface area (Å²) in [6, 6.07) is 77.9. The van der Waals surface area contributed by atoms with Crippen LogP contribution in [0.2, 0.25) is 0 Å². The van der Waals surface area contributed by atoms with Crippen molar-refractivity contribution in [2.75, 3.05) is 9.80 Å². The first-order valence-electron chi connectivity index (χ1n) is 20.8. The number of fused-ring (bicyclic) bond motifs is 9. The van der Waals surface area contributed by atoms with E-state index < -0.39 is 0 Å². The van der Waals surface area contributed by atoms with Crippen LogP contribution in [0.25, 0.3) is 76.5 Å². The summed E-state index contributed by atoms with van der Waals surface area (Å²) in [5, 5.41) is 9.18. The van der Waals surface area contributed by atoms with Crippen LogP contribution >= 0.6 is 0 Å². The van der Waals surface area contributed by atoms with E-state index in [0.29, 0.717) is 6.54 Å². The first-order valence-corrected chi connectivity index (χ1v) is 20.8. The van der Waals surface area contributed by atoms with Gasteiger partial charge in [-0.2, -0.15) is 0 Å². The van der Waals surface area contributed by atoms with Gasteiger partial charge in [-0.15, -0.1) is 0 Å². The first kappa shape index (κ1) is 34.9. The zero-order chi connectivity index (χ0) is 40.3. The van der Waals surface area contributed by atoms with Gasteiger partial charge in [0, 0.05) is 45.5 Å². The summed E-state index contributed by atoms with van der Waals surface area (Å²) in [6.07, 6.45) is 0. The number of benzene rings is 10. The molecule has 12 aromatic rings. The third-order valence-electron chi connectivity index (χ3n) is 12.1. The topological polar surface area (TPSA) is 32.8 Å². The molecule has 12 rings (SSSR count). The van der Waals surface area contributed by atoms with Crippen LogP contribution in [0.5, 0.6) is 0 Å². The van der Waals surface area contributed by atoms with Gasteiger partial charge in [0.15, 0.2) is 0 Å². The molecule has 0 atom stereocenters. The molecule has 0 aliphatic rings. The van der Waals surface area contributed by atoms with E-state index in [2.05, 4.69) is 210 Å². The molecule has 4 nitrogen and oxygen atoms in total. The smallest absolute Gasteiger partial charge is 0.137 e. The summed E-state index contributed by atoms with van der Waals surface area (Å²) in [6.45, 7) is 0.637. The van der Waals surface area contributed by atoms with Gasteiger partial charge in [0.2, 0.25) is 0 Å². The molecule has 10 aromatic carbocycles. The Morgan fingerprint density at radius 3 is 1.82 bits per heavy atom. The fraction of sp³-hybridized carbons (Fsp3) is 0.0175. The third kappa shape index (κ3) is 5.99. The Kier molecular flexibility index (Phi) is 8.20. The Hall–Kier alpha value is -8.08. The van der Waals surface area contributed by atoms with E-state index >= 15 is 0 Å². The second-order valence-electron chi connectivity index (χ2n) is 15.7. The molecule has 4 heteroatoms. The van der Waals surface area contributed by atoms with E-state index in [1.807, 2.05) is 18.2 Å². The van der Waals surface area contributed by atoms with Crippen molar-refractivity contribution in [2.24, 2.45) is 0 Å². The minimum Gasteiger partial charge on any atom is -0.456 e. The molecule has 0 aliphatic carbocycles. The molecule has 0 saturated heterocycles. The third-order valence-corrected chi connectivity index (χ3v) is 12.1. The average molecular weight is 783 g/mol. The van der Waals surface area contributed by atoms with Gasteiger partial charge in [0.05, 0.1) is 11.1 Å². The van der Waals surface area contributed by atoms with Crippen molar-refractivity contribution in [1.82, 2.24) is 0 Å². The van der Waals surface area contributed by atoms with Gasteiger partial charge in [-0.25, -0.2) is 0 Å². The predicted octanol–water partition coefficient (Wildman–Crippen LogP) is 16.3. The molecule has 0 bridgehead atoms. The summed E-state index contributed by atoms with van der Waals surface area (Å²) in [5.41, 5.74) is 12.5. The van der Waals surface area contributed by atoms with E-state index in [4.69, 9.17) is 8.83 Å². The largest absolute Gasteiger partial charge is 0.456 e. The number of rotatable bonds is 8. The predicted molar refractivity (Wildman–Crippen MR) is 255 cm³/mol. The van der Waals surface area contributed by atoms with Crippen molar-refractivity contribution in [2.45, 2.75) is 6.54 Å². The van der Waals surface area contributed by atoms with Gasteiger partial charge in [-0.05, 0) is 117 Å². The molecule has 0 spiro atoms. The van der Waals surface area contributed by atoms with Gasteiger partial charge in [0.1, 0.15) is 22.3 Å². The second kappa shape index (κ2) is 14.3. The number of anilines is 5. The van der Waals surface area contributed by atoms with Crippen molar-refractivity contribution in [3.63, 3.8) is 0 Å². The number of furan rings is 2. The molecule has 2 aromatic heterocycles.